The highest BCUT2D eigenvalue weighted by Gasteiger charge is 2.28. The number of rotatable bonds is 4. The van der Waals surface area contributed by atoms with E-state index in [1.165, 1.54) is 0 Å². The van der Waals surface area contributed by atoms with E-state index in [0.29, 0.717) is 6.42 Å². The summed E-state index contributed by atoms with van der Waals surface area (Å²) < 4.78 is 0. The summed E-state index contributed by atoms with van der Waals surface area (Å²) in [7, 11) is 0. The lowest BCUT2D eigenvalue weighted by Crippen LogP contribution is -2.31. The minimum absolute atomic E-state index is 0.393. The largest absolute Gasteiger partial charge is 0.480 e. The standard InChI is InChI=1S/C6H9Cl3O2/c1-2-3(7)4(8)5(9)6(10)11/h3-5H,2H2,1H3,(H,10,11). The van der Waals surface area contributed by atoms with Gasteiger partial charge in [0.25, 0.3) is 0 Å². The van der Waals surface area contributed by atoms with Gasteiger partial charge in [-0.25, -0.2) is 0 Å². The topological polar surface area (TPSA) is 37.3 Å². The number of aliphatic carboxylic acids is 1. The molecule has 0 bridgehead atoms. The summed E-state index contributed by atoms with van der Waals surface area (Å²) in [5, 5.41) is 6.20. The molecule has 0 saturated carbocycles. The van der Waals surface area contributed by atoms with Crippen molar-refractivity contribution in [2.24, 2.45) is 0 Å². The quantitative estimate of drug-likeness (QED) is 0.737. The maximum Gasteiger partial charge on any atom is 0.323 e. The fourth-order valence-electron chi connectivity index (χ4n) is 0.545. The fourth-order valence-corrected chi connectivity index (χ4v) is 1.23. The van der Waals surface area contributed by atoms with E-state index in [4.69, 9.17) is 39.9 Å². The molecule has 0 heterocycles. The average molecular weight is 219 g/mol. The third-order valence-electron chi connectivity index (χ3n) is 1.25. The molecule has 66 valence electrons. The maximum atomic E-state index is 10.3. The predicted molar refractivity (Wildman–Crippen MR) is 46.8 cm³/mol. The minimum atomic E-state index is -1.13. The number of halogens is 3. The number of carboxylic acid groups (broad SMARTS) is 1. The molecule has 0 aliphatic carbocycles. The van der Waals surface area contributed by atoms with E-state index in [2.05, 4.69) is 0 Å². The highest BCUT2D eigenvalue weighted by molar-refractivity contribution is 6.39. The smallest absolute Gasteiger partial charge is 0.323 e. The molecule has 0 rings (SSSR count). The van der Waals surface area contributed by atoms with Crippen molar-refractivity contribution in [1.29, 1.82) is 0 Å². The van der Waals surface area contributed by atoms with Gasteiger partial charge in [0.2, 0.25) is 0 Å². The minimum Gasteiger partial charge on any atom is -0.480 e. The van der Waals surface area contributed by atoms with Gasteiger partial charge in [-0.15, -0.1) is 34.8 Å². The number of hydrogen-bond acceptors (Lipinski definition) is 1. The Bertz CT molecular complexity index is 140. The van der Waals surface area contributed by atoms with Gasteiger partial charge in [0.05, 0.1) is 10.8 Å². The van der Waals surface area contributed by atoms with Gasteiger partial charge in [-0.3, -0.25) is 4.79 Å². The second-order valence-electron chi connectivity index (χ2n) is 2.11. The van der Waals surface area contributed by atoms with Gasteiger partial charge in [-0.05, 0) is 6.42 Å². The van der Waals surface area contributed by atoms with Crippen LogP contribution in [0.25, 0.3) is 0 Å². The first-order valence-corrected chi connectivity index (χ1v) is 4.46. The van der Waals surface area contributed by atoms with E-state index in [0.717, 1.165) is 0 Å². The van der Waals surface area contributed by atoms with Gasteiger partial charge in [-0.1, -0.05) is 6.92 Å². The second kappa shape index (κ2) is 5.07. The van der Waals surface area contributed by atoms with Crippen molar-refractivity contribution >= 4 is 40.8 Å². The molecule has 0 radical (unpaired) electrons. The molecular weight excluding hydrogens is 210 g/mol. The third-order valence-corrected chi connectivity index (χ3v) is 3.10. The van der Waals surface area contributed by atoms with Crippen LogP contribution in [0.3, 0.4) is 0 Å². The zero-order valence-corrected chi connectivity index (χ0v) is 8.20. The normalized spacial score (nSPS) is 18.9. The Labute approximate surface area is 80.4 Å². The molecule has 0 aliphatic heterocycles. The summed E-state index contributed by atoms with van der Waals surface area (Å²) in [5.41, 5.74) is 0. The summed E-state index contributed by atoms with van der Waals surface area (Å²) in [6.07, 6.45) is 0.603. The number of carbonyl (C=O) groups is 1. The highest BCUT2D eigenvalue weighted by atomic mass is 35.5. The van der Waals surface area contributed by atoms with Crippen LogP contribution in [0.5, 0.6) is 0 Å². The Morgan fingerprint density at radius 1 is 1.45 bits per heavy atom. The van der Waals surface area contributed by atoms with Crippen molar-refractivity contribution in [2.45, 2.75) is 29.5 Å². The van der Waals surface area contributed by atoms with Gasteiger partial charge >= 0.3 is 5.97 Å². The van der Waals surface area contributed by atoms with Crippen molar-refractivity contribution in [2.75, 3.05) is 0 Å². The van der Waals surface area contributed by atoms with Gasteiger partial charge in [0, 0.05) is 0 Å². The van der Waals surface area contributed by atoms with E-state index in [1.54, 1.807) is 0 Å². The molecule has 0 aromatic carbocycles. The van der Waals surface area contributed by atoms with E-state index >= 15 is 0 Å². The van der Waals surface area contributed by atoms with E-state index in [-0.39, 0.29) is 0 Å². The van der Waals surface area contributed by atoms with Crippen LogP contribution in [0.2, 0.25) is 0 Å². The molecule has 0 spiro atoms. The lowest BCUT2D eigenvalue weighted by Gasteiger charge is -2.15. The van der Waals surface area contributed by atoms with Gasteiger partial charge in [0.15, 0.2) is 0 Å². The van der Waals surface area contributed by atoms with Crippen molar-refractivity contribution < 1.29 is 9.90 Å². The summed E-state index contributed by atoms with van der Waals surface area (Å²) in [6, 6.07) is 0. The zero-order valence-electron chi connectivity index (χ0n) is 5.93. The monoisotopic (exact) mass is 218 g/mol. The van der Waals surface area contributed by atoms with Crippen LogP contribution in [0, 0.1) is 0 Å². The van der Waals surface area contributed by atoms with Crippen LogP contribution in [-0.4, -0.2) is 27.2 Å². The Balaban J connectivity index is 4.00. The first-order valence-electron chi connectivity index (χ1n) is 3.15. The van der Waals surface area contributed by atoms with Crippen molar-refractivity contribution in [3.05, 3.63) is 0 Å². The second-order valence-corrected chi connectivity index (χ2v) is 3.64. The SMILES string of the molecule is CCC(Cl)C(Cl)C(Cl)C(=O)O. The molecule has 0 fully saturated rings. The average Bonchev–Trinajstić information content (AvgIpc) is 2.00. The molecular formula is C6H9Cl3O2. The molecule has 0 aromatic rings. The van der Waals surface area contributed by atoms with Crippen LogP contribution in [-0.2, 0) is 4.79 Å². The first kappa shape index (κ1) is 11.3. The van der Waals surface area contributed by atoms with Crippen LogP contribution >= 0.6 is 34.8 Å². The maximum absolute atomic E-state index is 10.3. The third kappa shape index (κ3) is 3.50. The Hall–Kier alpha value is 0.340. The Morgan fingerprint density at radius 3 is 2.18 bits per heavy atom. The van der Waals surface area contributed by atoms with Crippen LogP contribution < -0.4 is 0 Å². The van der Waals surface area contributed by atoms with Crippen molar-refractivity contribution in [1.82, 2.24) is 0 Å². The van der Waals surface area contributed by atoms with Gasteiger partial charge in [-0.2, -0.15) is 0 Å². The molecule has 5 heteroatoms. The first-order chi connectivity index (χ1) is 5.00. The summed E-state index contributed by atoms with van der Waals surface area (Å²) in [5.74, 6) is -1.13. The summed E-state index contributed by atoms with van der Waals surface area (Å²) in [6.45, 7) is 1.82. The number of hydrogen-bond donors (Lipinski definition) is 1. The van der Waals surface area contributed by atoms with Gasteiger partial charge < -0.3 is 5.11 Å². The highest BCUT2D eigenvalue weighted by Crippen LogP contribution is 2.20. The van der Waals surface area contributed by atoms with E-state index < -0.39 is 22.1 Å². The van der Waals surface area contributed by atoms with Crippen LogP contribution in [0.15, 0.2) is 0 Å². The van der Waals surface area contributed by atoms with Crippen molar-refractivity contribution in [3.8, 4) is 0 Å². The molecule has 3 unspecified atom stereocenters. The molecule has 0 aliphatic rings. The van der Waals surface area contributed by atoms with E-state index in [1.807, 2.05) is 6.92 Å². The van der Waals surface area contributed by atoms with Crippen LogP contribution in [0.4, 0.5) is 0 Å². The number of alkyl halides is 3. The molecule has 3 atom stereocenters. The Morgan fingerprint density at radius 2 is 1.91 bits per heavy atom. The summed E-state index contributed by atoms with van der Waals surface area (Å²) >= 11 is 16.7. The molecule has 1 N–H and O–H groups in total. The van der Waals surface area contributed by atoms with Gasteiger partial charge in [0.1, 0.15) is 5.38 Å². The zero-order chi connectivity index (χ0) is 9.02. The molecule has 0 saturated heterocycles. The molecule has 0 aromatic heterocycles. The van der Waals surface area contributed by atoms with Crippen molar-refractivity contribution in [3.63, 3.8) is 0 Å². The van der Waals surface area contributed by atoms with E-state index in [9.17, 15) is 4.79 Å². The lowest BCUT2D eigenvalue weighted by atomic mass is 10.2. The molecule has 2 nitrogen and oxygen atoms in total. The fraction of sp³-hybridized carbons (Fsp3) is 0.833. The lowest BCUT2D eigenvalue weighted by molar-refractivity contribution is -0.136. The molecule has 11 heavy (non-hydrogen) atoms. The Kier molecular flexibility index (Phi) is 5.23. The molecule has 0 amide bonds. The number of carboxylic acids is 1. The van der Waals surface area contributed by atoms with Crippen LogP contribution in [0.1, 0.15) is 13.3 Å². The predicted octanol–water partition coefficient (Wildman–Crippen LogP) is 2.30. The summed E-state index contributed by atoms with van der Waals surface area (Å²) in [4.78, 5) is 10.3.